The van der Waals surface area contributed by atoms with Gasteiger partial charge in [-0.15, -0.1) is 11.3 Å². The number of carbonyl (C=O) groups excluding carboxylic acids is 1. The molecule has 0 fully saturated rings. The third-order valence-corrected chi connectivity index (χ3v) is 3.39. The minimum atomic E-state index is -4.32. The van der Waals surface area contributed by atoms with Crippen molar-refractivity contribution in [3.8, 4) is 0 Å². The van der Waals surface area contributed by atoms with Crippen molar-refractivity contribution in [1.29, 1.82) is 0 Å². The van der Waals surface area contributed by atoms with E-state index in [4.69, 9.17) is 0 Å². The van der Waals surface area contributed by atoms with Crippen molar-refractivity contribution in [1.82, 2.24) is 0 Å². The predicted octanol–water partition coefficient (Wildman–Crippen LogP) is 4.75. The average molecular weight is 282 g/mol. The maximum atomic E-state index is 12.4. The van der Waals surface area contributed by atoms with E-state index in [9.17, 15) is 18.0 Å². The molecular formula is C14H9F3OS. The summed E-state index contributed by atoms with van der Waals surface area (Å²) in [5.74, 6) is 0. The topological polar surface area (TPSA) is 17.1 Å². The molecule has 19 heavy (non-hydrogen) atoms. The Morgan fingerprint density at radius 1 is 1.00 bits per heavy atom. The Balaban J connectivity index is 2.18. The number of halogens is 3. The van der Waals surface area contributed by atoms with Crippen LogP contribution in [0.3, 0.4) is 0 Å². The maximum absolute atomic E-state index is 12.4. The molecule has 0 bridgehead atoms. The van der Waals surface area contributed by atoms with E-state index in [2.05, 4.69) is 0 Å². The van der Waals surface area contributed by atoms with Crippen LogP contribution in [0.4, 0.5) is 13.2 Å². The summed E-state index contributed by atoms with van der Waals surface area (Å²) < 4.78 is 37.1. The number of carbonyl (C=O) groups is 1. The van der Waals surface area contributed by atoms with Gasteiger partial charge in [-0.05, 0) is 34.7 Å². The molecular weight excluding hydrogens is 273 g/mol. The summed E-state index contributed by atoms with van der Waals surface area (Å²) in [5.41, 5.74) is 0.740. The Hall–Kier alpha value is -1.88. The minimum absolute atomic E-state index is 0.600. The molecule has 0 aliphatic carbocycles. The lowest BCUT2D eigenvalue weighted by Gasteiger charge is -2.05. The Morgan fingerprint density at radius 3 is 2.26 bits per heavy atom. The zero-order valence-electron chi connectivity index (χ0n) is 9.65. The summed E-state index contributed by atoms with van der Waals surface area (Å²) in [7, 11) is 0. The average Bonchev–Trinajstić information content (AvgIpc) is 2.83. The van der Waals surface area contributed by atoms with Crippen LogP contribution < -0.4 is 0 Å². The number of alkyl halides is 3. The Morgan fingerprint density at radius 2 is 1.68 bits per heavy atom. The SMILES string of the molecule is O=Cc1sccc1/C=C/c1ccc(C(F)(F)F)cc1. The van der Waals surface area contributed by atoms with Crippen LogP contribution in [0.2, 0.25) is 0 Å². The summed E-state index contributed by atoms with van der Waals surface area (Å²) in [6.45, 7) is 0. The first-order valence-electron chi connectivity index (χ1n) is 5.39. The highest BCUT2D eigenvalue weighted by molar-refractivity contribution is 7.11. The fraction of sp³-hybridized carbons (Fsp3) is 0.0714. The van der Waals surface area contributed by atoms with E-state index < -0.39 is 11.7 Å². The van der Waals surface area contributed by atoms with Gasteiger partial charge < -0.3 is 0 Å². The zero-order chi connectivity index (χ0) is 13.9. The number of hydrogen-bond donors (Lipinski definition) is 0. The number of aldehydes is 1. The van der Waals surface area contributed by atoms with E-state index in [1.165, 1.54) is 23.5 Å². The van der Waals surface area contributed by atoms with Crippen LogP contribution >= 0.6 is 11.3 Å². The smallest absolute Gasteiger partial charge is 0.297 e. The van der Waals surface area contributed by atoms with E-state index in [0.717, 1.165) is 24.0 Å². The molecule has 0 radical (unpaired) electrons. The molecule has 2 aromatic rings. The zero-order valence-corrected chi connectivity index (χ0v) is 10.5. The van der Waals surface area contributed by atoms with E-state index in [0.29, 0.717) is 10.4 Å². The van der Waals surface area contributed by atoms with E-state index >= 15 is 0 Å². The first-order chi connectivity index (χ1) is 9.00. The van der Waals surface area contributed by atoms with Gasteiger partial charge in [0.2, 0.25) is 0 Å². The first-order valence-corrected chi connectivity index (χ1v) is 6.26. The molecule has 0 N–H and O–H groups in total. The third kappa shape index (κ3) is 3.32. The summed E-state index contributed by atoms with van der Waals surface area (Å²) in [4.78, 5) is 11.3. The van der Waals surface area contributed by atoms with Crippen LogP contribution in [-0.2, 0) is 6.18 Å². The summed E-state index contributed by atoms with van der Waals surface area (Å²) in [6, 6.07) is 6.65. The molecule has 0 saturated heterocycles. The fourth-order valence-corrected chi connectivity index (χ4v) is 2.22. The molecule has 1 aromatic heterocycles. The first kappa shape index (κ1) is 13.5. The minimum Gasteiger partial charge on any atom is -0.297 e. The molecule has 0 spiro atoms. The van der Waals surface area contributed by atoms with Gasteiger partial charge in [0.25, 0.3) is 0 Å². The quantitative estimate of drug-likeness (QED) is 0.742. The van der Waals surface area contributed by atoms with E-state index in [1.807, 2.05) is 0 Å². The van der Waals surface area contributed by atoms with Gasteiger partial charge >= 0.3 is 6.18 Å². The highest BCUT2D eigenvalue weighted by Crippen LogP contribution is 2.29. The lowest BCUT2D eigenvalue weighted by Crippen LogP contribution is -2.03. The second kappa shape index (κ2) is 5.40. The third-order valence-electron chi connectivity index (χ3n) is 2.53. The van der Waals surface area contributed by atoms with Gasteiger partial charge in [0.15, 0.2) is 6.29 Å². The highest BCUT2D eigenvalue weighted by atomic mass is 32.1. The summed E-state index contributed by atoms with van der Waals surface area (Å²) >= 11 is 1.32. The molecule has 2 rings (SSSR count). The number of hydrogen-bond acceptors (Lipinski definition) is 2. The largest absolute Gasteiger partial charge is 0.416 e. The monoisotopic (exact) mass is 282 g/mol. The molecule has 0 aliphatic heterocycles. The van der Waals surface area contributed by atoms with Crippen LogP contribution in [0.1, 0.15) is 26.4 Å². The van der Waals surface area contributed by atoms with Crippen molar-refractivity contribution >= 4 is 29.8 Å². The standard InChI is InChI=1S/C14H9F3OS/c15-14(16,17)12-5-2-10(3-6-12)1-4-11-7-8-19-13(11)9-18/h1-9H/b4-1+. The van der Waals surface area contributed by atoms with Crippen molar-refractivity contribution in [2.24, 2.45) is 0 Å². The highest BCUT2D eigenvalue weighted by Gasteiger charge is 2.29. The van der Waals surface area contributed by atoms with Gasteiger partial charge in [-0.2, -0.15) is 13.2 Å². The van der Waals surface area contributed by atoms with Gasteiger partial charge in [-0.25, -0.2) is 0 Å². The number of rotatable bonds is 3. The molecule has 0 amide bonds. The van der Waals surface area contributed by atoms with Gasteiger partial charge in [0, 0.05) is 0 Å². The van der Waals surface area contributed by atoms with Crippen LogP contribution in [0.5, 0.6) is 0 Å². The van der Waals surface area contributed by atoms with E-state index in [-0.39, 0.29) is 0 Å². The van der Waals surface area contributed by atoms with Crippen LogP contribution in [0.25, 0.3) is 12.2 Å². The molecule has 0 atom stereocenters. The Bertz CT molecular complexity index is 594. The second-order valence-corrected chi connectivity index (χ2v) is 4.76. The fourth-order valence-electron chi connectivity index (χ4n) is 1.53. The maximum Gasteiger partial charge on any atom is 0.416 e. The van der Waals surface area contributed by atoms with Crippen molar-refractivity contribution in [3.05, 3.63) is 57.3 Å². The Labute approximate surface area is 112 Å². The molecule has 0 unspecified atom stereocenters. The van der Waals surface area contributed by atoms with Crippen molar-refractivity contribution in [2.75, 3.05) is 0 Å². The van der Waals surface area contributed by atoms with Gasteiger partial charge in [0.1, 0.15) is 0 Å². The van der Waals surface area contributed by atoms with Crippen LogP contribution in [0, 0.1) is 0 Å². The lowest BCUT2D eigenvalue weighted by molar-refractivity contribution is -0.137. The molecule has 1 nitrogen and oxygen atoms in total. The van der Waals surface area contributed by atoms with Gasteiger partial charge in [-0.1, -0.05) is 24.3 Å². The van der Waals surface area contributed by atoms with Crippen LogP contribution in [0.15, 0.2) is 35.7 Å². The Kier molecular flexibility index (Phi) is 3.85. The van der Waals surface area contributed by atoms with Crippen molar-refractivity contribution in [2.45, 2.75) is 6.18 Å². The van der Waals surface area contributed by atoms with Crippen molar-refractivity contribution < 1.29 is 18.0 Å². The predicted molar refractivity (Wildman–Crippen MR) is 70.1 cm³/mol. The summed E-state index contributed by atoms with van der Waals surface area (Å²) in [5, 5.41) is 1.79. The molecule has 98 valence electrons. The van der Waals surface area contributed by atoms with E-state index in [1.54, 1.807) is 23.6 Å². The van der Waals surface area contributed by atoms with Gasteiger partial charge in [0.05, 0.1) is 10.4 Å². The normalized spacial score (nSPS) is 11.9. The second-order valence-electron chi connectivity index (χ2n) is 3.81. The molecule has 0 saturated carbocycles. The molecule has 1 aromatic carbocycles. The molecule has 5 heteroatoms. The number of thiophene rings is 1. The lowest BCUT2D eigenvalue weighted by atomic mass is 10.1. The summed E-state index contributed by atoms with van der Waals surface area (Å²) in [6.07, 6.45) is -0.171. The molecule has 1 heterocycles. The van der Waals surface area contributed by atoms with Gasteiger partial charge in [-0.3, -0.25) is 4.79 Å². The van der Waals surface area contributed by atoms with Crippen molar-refractivity contribution in [3.63, 3.8) is 0 Å². The molecule has 0 aliphatic rings. The number of benzene rings is 1. The van der Waals surface area contributed by atoms with Crippen LogP contribution in [-0.4, -0.2) is 6.29 Å².